The molecule has 0 saturated heterocycles. The van der Waals surface area contributed by atoms with Crippen LogP contribution in [0.3, 0.4) is 0 Å². The van der Waals surface area contributed by atoms with Gasteiger partial charge in [0.2, 0.25) is 0 Å². The van der Waals surface area contributed by atoms with Crippen molar-refractivity contribution in [3.8, 4) is 0 Å². The summed E-state index contributed by atoms with van der Waals surface area (Å²) in [5, 5.41) is 9.70. The van der Waals surface area contributed by atoms with Crippen LogP contribution in [0.2, 0.25) is 0 Å². The number of carboxylic acids is 1. The predicted molar refractivity (Wildman–Crippen MR) is 78.2 cm³/mol. The predicted octanol–water partition coefficient (Wildman–Crippen LogP) is 2.46. The Morgan fingerprint density at radius 1 is 1.00 bits per heavy atom. The van der Waals surface area contributed by atoms with Gasteiger partial charge >= 0.3 is 11.8 Å². The van der Waals surface area contributed by atoms with E-state index in [2.05, 4.69) is 9.48 Å². The average molecular weight is 279 g/mol. The Morgan fingerprint density at radius 2 is 1.60 bits per heavy atom. The zero-order valence-corrected chi connectivity index (χ0v) is 12.4. The van der Waals surface area contributed by atoms with Gasteiger partial charge in [-0.3, -0.25) is 0 Å². The third-order valence-corrected chi connectivity index (χ3v) is 5.35. The van der Waals surface area contributed by atoms with Crippen LogP contribution in [0.5, 0.6) is 0 Å². The first-order valence-corrected chi connectivity index (χ1v) is 8.41. The molecule has 0 aromatic heterocycles. The molecule has 0 bridgehead atoms. The summed E-state index contributed by atoms with van der Waals surface area (Å²) >= 11 is 0. The SMILES string of the molecule is O=C(O)C1=[N+](C2CCCCC2)CCN1C1CCCCC1. The molecule has 1 heterocycles. The number of rotatable bonds is 3. The highest BCUT2D eigenvalue weighted by atomic mass is 16.4. The highest BCUT2D eigenvalue weighted by Gasteiger charge is 2.43. The van der Waals surface area contributed by atoms with Gasteiger partial charge in [0.15, 0.2) is 0 Å². The monoisotopic (exact) mass is 279 g/mol. The second-order valence-electron chi connectivity index (χ2n) is 6.60. The summed E-state index contributed by atoms with van der Waals surface area (Å²) in [5.41, 5.74) is 0. The van der Waals surface area contributed by atoms with Crippen LogP contribution in [0.4, 0.5) is 0 Å². The maximum Gasteiger partial charge on any atom is 0.418 e. The van der Waals surface area contributed by atoms with E-state index >= 15 is 0 Å². The topological polar surface area (TPSA) is 43.5 Å². The lowest BCUT2D eigenvalue weighted by molar-refractivity contribution is -0.560. The van der Waals surface area contributed by atoms with Crippen LogP contribution < -0.4 is 0 Å². The molecular weight excluding hydrogens is 252 g/mol. The van der Waals surface area contributed by atoms with E-state index in [9.17, 15) is 9.90 Å². The van der Waals surface area contributed by atoms with Gasteiger partial charge in [-0.05, 0) is 51.4 Å². The average Bonchev–Trinajstić information content (AvgIpc) is 2.94. The van der Waals surface area contributed by atoms with Crippen LogP contribution in [0.15, 0.2) is 0 Å². The number of carbonyl (C=O) groups is 1. The fraction of sp³-hybridized carbons (Fsp3) is 0.875. The number of nitrogens with zero attached hydrogens (tertiary/aromatic N) is 2. The van der Waals surface area contributed by atoms with Crippen molar-refractivity contribution in [1.82, 2.24) is 4.90 Å². The van der Waals surface area contributed by atoms with E-state index in [1.807, 2.05) is 0 Å². The van der Waals surface area contributed by atoms with E-state index in [0.717, 1.165) is 13.1 Å². The summed E-state index contributed by atoms with van der Waals surface area (Å²) in [6, 6.07) is 0.951. The highest BCUT2D eigenvalue weighted by Crippen LogP contribution is 2.27. The molecule has 0 unspecified atom stereocenters. The molecule has 3 rings (SSSR count). The van der Waals surface area contributed by atoms with Crippen molar-refractivity contribution in [3.05, 3.63) is 0 Å². The Balaban J connectivity index is 1.81. The van der Waals surface area contributed by atoms with E-state index < -0.39 is 5.97 Å². The first kappa shape index (κ1) is 13.9. The zero-order valence-electron chi connectivity index (χ0n) is 12.4. The molecule has 3 aliphatic rings. The van der Waals surface area contributed by atoms with Crippen molar-refractivity contribution in [2.75, 3.05) is 13.1 Å². The zero-order chi connectivity index (χ0) is 13.9. The van der Waals surface area contributed by atoms with Gasteiger partial charge in [0.1, 0.15) is 13.1 Å². The summed E-state index contributed by atoms with van der Waals surface area (Å²) in [6.45, 7) is 1.84. The Hall–Kier alpha value is -1.06. The fourth-order valence-corrected chi connectivity index (χ4v) is 4.33. The summed E-state index contributed by atoms with van der Waals surface area (Å²) < 4.78 is 2.22. The van der Waals surface area contributed by atoms with E-state index in [4.69, 9.17) is 0 Å². The minimum absolute atomic E-state index is 0.475. The van der Waals surface area contributed by atoms with E-state index in [1.54, 1.807) is 0 Å². The van der Waals surface area contributed by atoms with Gasteiger partial charge in [0, 0.05) is 0 Å². The summed E-state index contributed by atoms with van der Waals surface area (Å²) in [4.78, 5) is 14.0. The summed E-state index contributed by atoms with van der Waals surface area (Å²) in [5.74, 6) is -0.0950. The minimum Gasteiger partial charge on any atom is -0.472 e. The molecule has 0 amide bonds. The van der Waals surface area contributed by atoms with Gasteiger partial charge in [0.25, 0.3) is 0 Å². The molecule has 4 heteroatoms. The Morgan fingerprint density at radius 3 is 2.20 bits per heavy atom. The lowest BCUT2D eigenvalue weighted by Crippen LogP contribution is -2.45. The number of amidine groups is 1. The smallest absolute Gasteiger partial charge is 0.418 e. The van der Waals surface area contributed by atoms with E-state index in [0.29, 0.717) is 17.9 Å². The van der Waals surface area contributed by atoms with Gasteiger partial charge in [-0.2, -0.15) is 0 Å². The Kier molecular flexibility index (Phi) is 4.27. The van der Waals surface area contributed by atoms with Crippen LogP contribution in [0, 0.1) is 0 Å². The Bertz CT molecular complexity index is 393. The van der Waals surface area contributed by atoms with Crippen LogP contribution in [0.25, 0.3) is 0 Å². The van der Waals surface area contributed by atoms with Gasteiger partial charge in [0.05, 0.1) is 12.1 Å². The number of hydrogen-bond acceptors (Lipinski definition) is 2. The first-order chi connectivity index (χ1) is 9.77. The molecule has 20 heavy (non-hydrogen) atoms. The van der Waals surface area contributed by atoms with Gasteiger partial charge in [-0.25, -0.2) is 14.3 Å². The quantitative estimate of drug-likeness (QED) is 0.807. The Labute approximate surface area is 121 Å². The van der Waals surface area contributed by atoms with Gasteiger partial charge < -0.3 is 5.11 Å². The molecule has 2 fully saturated rings. The molecule has 112 valence electrons. The first-order valence-electron chi connectivity index (χ1n) is 8.41. The third kappa shape index (κ3) is 2.70. The van der Waals surface area contributed by atoms with Crippen molar-refractivity contribution in [3.63, 3.8) is 0 Å². The standard InChI is InChI=1S/C16H26N2O2/c19-16(20)15-17(13-7-3-1-4-8-13)11-12-18(15)14-9-5-2-6-10-14/h13-14H,1-12H2/p+1. The lowest BCUT2D eigenvalue weighted by Gasteiger charge is -2.26. The molecule has 0 aromatic carbocycles. The highest BCUT2D eigenvalue weighted by molar-refractivity contribution is 6.32. The van der Waals surface area contributed by atoms with Crippen molar-refractivity contribution >= 4 is 11.8 Å². The molecule has 1 aliphatic heterocycles. The van der Waals surface area contributed by atoms with Crippen molar-refractivity contribution in [2.24, 2.45) is 0 Å². The molecular formula is C16H27N2O2+. The molecule has 2 saturated carbocycles. The van der Waals surface area contributed by atoms with Gasteiger partial charge in [-0.15, -0.1) is 0 Å². The van der Waals surface area contributed by atoms with E-state index in [1.165, 1.54) is 64.2 Å². The van der Waals surface area contributed by atoms with E-state index in [-0.39, 0.29) is 0 Å². The summed E-state index contributed by atoms with van der Waals surface area (Å²) in [6.07, 6.45) is 12.4. The van der Waals surface area contributed by atoms with Crippen LogP contribution in [0.1, 0.15) is 64.2 Å². The molecule has 2 aliphatic carbocycles. The molecule has 0 radical (unpaired) electrons. The second kappa shape index (κ2) is 6.15. The maximum atomic E-state index is 11.8. The second-order valence-corrected chi connectivity index (χ2v) is 6.60. The van der Waals surface area contributed by atoms with Gasteiger partial charge in [-0.1, -0.05) is 12.8 Å². The van der Waals surface area contributed by atoms with Crippen LogP contribution in [-0.4, -0.2) is 51.6 Å². The normalized spacial score (nSPS) is 26.3. The molecule has 0 spiro atoms. The number of hydrogen-bond donors (Lipinski definition) is 1. The number of carboxylic acid groups (broad SMARTS) is 1. The van der Waals surface area contributed by atoms with Crippen LogP contribution in [-0.2, 0) is 4.79 Å². The number of aliphatic carboxylic acids is 1. The van der Waals surface area contributed by atoms with Crippen molar-refractivity contribution in [1.29, 1.82) is 0 Å². The molecule has 1 N–H and O–H groups in total. The van der Waals surface area contributed by atoms with Crippen LogP contribution >= 0.6 is 0 Å². The van der Waals surface area contributed by atoms with Crippen molar-refractivity contribution in [2.45, 2.75) is 76.3 Å². The minimum atomic E-state index is -0.710. The lowest BCUT2D eigenvalue weighted by atomic mass is 9.94. The van der Waals surface area contributed by atoms with Crippen molar-refractivity contribution < 1.29 is 14.5 Å². The fourth-order valence-electron chi connectivity index (χ4n) is 4.33. The molecule has 0 atom stereocenters. The summed E-state index contributed by atoms with van der Waals surface area (Å²) in [7, 11) is 0. The largest absolute Gasteiger partial charge is 0.472 e. The maximum absolute atomic E-state index is 11.8. The molecule has 4 nitrogen and oxygen atoms in total. The molecule has 0 aromatic rings. The third-order valence-electron chi connectivity index (χ3n) is 5.35.